The first-order valence-corrected chi connectivity index (χ1v) is 9.41. The van der Waals surface area contributed by atoms with Crippen LogP contribution >= 0.6 is 11.8 Å². The van der Waals surface area contributed by atoms with Crippen LogP contribution in [-0.2, 0) is 9.53 Å². The van der Waals surface area contributed by atoms with Gasteiger partial charge in [-0.15, -0.1) is 11.8 Å². The summed E-state index contributed by atoms with van der Waals surface area (Å²) in [6.45, 7) is 6.15. The largest absolute Gasteiger partial charge is 0.378 e. The van der Waals surface area contributed by atoms with Crippen LogP contribution in [0.15, 0.2) is 29.2 Å². The van der Waals surface area contributed by atoms with Gasteiger partial charge >= 0.3 is 0 Å². The van der Waals surface area contributed by atoms with Crippen LogP contribution in [0.5, 0.6) is 0 Å². The Bertz CT molecular complexity index is 506. The number of nitrogens with zero attached hydrogens (tertiary/aromatic N) is 1. The predicted octanol–water partition coefficient (Wildman–Crippen LogP) is 2.46. The van der Waals surface area contributed by atoms with Gasteiger partial charge in [-0.1, -0.05) is 17.7 Å². The van der Waals surface area contributed by atoms with Crippen molar-refractivity contribution < 1.29 is 9.53 Å². The van der Waals surface area contributed by atoms with Gasteiger partial charge in [-0.05, 0) is 31.9 Å². The fourth-order valence-electron chi connectivity index (χ4n) is 3.12. The molecule has 5 heteroatoms. The number of likely N-dealkylation sites (tertiary alicyclic amines) is 1. The van der Waals surface area contributed by atoms with E-state index in [0.717, 1.165) is 39.1 Å². The highest BCUT2D eigenvalue weighted by molar-refractivity contribution is 8.00. The summed E-state index contributed by atoms with van der Waals surface area (Å²) in [5.41, 5.74) is 1.30. The van der Waals surface area contributed by atoms with Crippen molar-refractivity contribution in [1.29, 1.82) is 0 Å². The molecule has 0 bridgehead atoms. The highest BCUT2D eigenvalue weighted by Crippen LogP contribution is 2.30. The maximum atomic E-state index is 12.4. The first kappa shape index (κ1) is 16.8. The zero-order chi connectivity index (χ0) is 16.1. The van der Waals surface area contributed by atoms with Gasteiger partial charge in [0.25, 0.3) is 0 Å². The summed E-state index contributed by atoms with van der Waals surface area (Å²) in [6.07, 6.45) is 2.73. The van der Waals surface area contributed by atoms with Crippen LogP contribution < -0.4 is 5.32 Å². The van der Waals surface area contributed by atoms with E-state index >= 15 is 0 Å². The average molecular weight is 334 g/mol. The van der Waals surface area contributed by atoms with Crippen molar-refractivity contribution in [2.24, 2.45) is 0 Å². The highest BCUT2D eigenvalue weighted by atomic mass is 32.2. The van der Waals surface area contributed by atoms with E-state index < -0.39 is 0 Å². The number of piperidine rings is 1. The molecule has 1 amide bonds. The predicted molar refractivity (Wildman–Crippen MR) is 93.9 cm³/mol. The lowest BCUT2D eigenvalue weighted by molar-refractivity contribution is -0.133. The number of thioether (sulfide) groups is 1. The van der Waals surface area contributed by atoms with E-state index in [-0.39, 0.29) is 11.9 Å². The molecule has 126 valence electrons. The number of ether oxygens (including phenoxy) is 1. The molecule has 2 heterocycles. The second-order valence-corrected chi connectivity index (χ2v) is 7.81. The number of hydrogen-bond acceptors (Lipinski definition) is 4. The number of nitrogens with one attached hydrogen (secondary N) is 1. The van der Waals surface area contributed by atoms with Crippen molar-refractivity contribution in [3.63, 3.8) is 0 Å². The molecule has 2 aliphatic heterocycles. The molecule has 1 atom stereocenters. The Hall–Kier alpha value is -1.04. The first-order valence-electron chi connectivity index (χ1n) is 8.53. The Labute approximate surface area is 143 Å². The minimum Gasteiger partial charge on any atom is -0.378 e. The van der Waals surface area contributed by atoms with Crippen LogP contribution in [0.1, 0.15) is 24.8 Å². The second kappa shape index (κ2) is 8.18. The Morgan fingerprint density at radius 3 is 2.70 bits per heavy atom. The molecule has 4 nitrogen and oxygen atoms in total. The summed E-state index contributed by atoms with van der Waals surface area (Å²) >= 11 is 1.95. The van der Waals surface area contributed by atoms with Crippen LogP contribution in [0.4, 0.5) is 0 Å². The summed E-state index contributed by atoms with van der Waals surface area (Å²) in [7, 11) is 0. The van der Waals surface area contributed by atoms with Crippen molar-refractivity contribution in [3.8, 4) is 0 Å². The average Bonchev–Trinajstić information content (AvgIpc) is 2.58. The number of aryl methyl sites for hydroxylation is 1. The molecule has 1 aromatic carbocycles. The lowest BCUT2D eigenvalue weighted by atomic mass is 10.1. The number of amides is 1. The third-order valence-corrected chi connectivity index (χ3v) is 5.89. The summed E-state index contributed by atoms with van der Waals surface area (Å²) in [5.74, 6) is 0.270. The van der Waals surface area contributed by atoms with Crippen molar-refractivity contribution in [2.45, 2.75) is 42.4 Å². The van der Waals surface area contributed by atoms with Gasteiger partial charge in [0.15, 0.2) is 0 Å². The zero-order valence-corrected chi connectivity index (χ0v) is 14.6. The Morgan fingerprint density at radius 1 is 1.30 bits per heavy atom. The smallest absolute Gasteiger partial charge is 0.224 e. The molecule has 1 unspecified atom stereocenters. The fraction of sp³-hybridized carbons (Fsp3) is 0.611. The number of hydrogen-bond donors (Lipinski definition) is 1. The molecular formula is C18H26N2O2S. The number of morpholine rings is 1. The van der Waals surface area contributed by atoms with E-state index in [9.17, 15) is 4.79 Å². The van der Waals surface area contributed by atoms with Crippen molar-refractivity contribution >= 4 is 17.7 Å². The molecular weight excluding hydrogens is 308 g/mol. The normalized spacial score (nSPS) is 23.0. The van der Waals surface area contributed by atoms with Crippen molar-refractivity contribution in [2.75, 3.05) is 32.8 Å². The molecule has 2 saturated heterocycles. The molecule has 0 spiro atoms. The lowest BCUT2D eigenvalue weighted by Gasteiger charge is -2.33. The van der Waals surface area contributed by atoms with Crippen LogP contribution in [-0.4, -0.2) is 54.9 Å². The van der Waals surface area contributed by atoms with Crippen LogP contribution in [0.25, 0.3) is 0 Å². The lowest BCUT2D eigenvalue weighted by Crippen LogP contribution is -2.46. The summed E-state index contributed by atoms with van der Waals surface area (Å²) in [6, 6.07) is 8.93. The van der Waals surface area contributed by atoms with Crippen molar-refractivity contribution in [1.82, 2.24) is 10.2 Å². The van der Waals surface area contributed by atoms with Crippen LogP contribution in [0.2, 0.25) is 0 Å². The maximum absolute atomic E-state index is 12.4. The van der Waals surface area contributed by atoms with Gasteiger partial charge in [-0.25, -0.2) is 0 Å². The van der Waals surface area contributed by atoms with Gasteiger partial charge in [0.1, 0.15) is 0 Å². The van der Waals surface area contributed by atoms with E-state index in [1.807, 2.05) is 16.7 Å². The molecule has 0 saturated carbocycles. The summed E-state index contributed by atoms with van der Waals surface area (Å²) < 4.78 is 5.43. The topological polar surface area (TPSA) is 41.6 Å². The third-order valence-electron chi connectivity index (χ3n) is 4.54. The molecule has 0 radical (unpaired) electrons. The van der Waals surface area contributed by atoms with Crippen LogP contribution in [0, 0.1) is 6.92 Å². The molecule has 1 N–H and O–H groups in total. The van der Waals surface area contributed by atoms with Gasteiger partial charge in [-0.3, -0.25) is 4.79 Å². The van der Waals surface area contributed by atoms with Gasteiger partial charge in [0.2, 0.25) is 5.91 Å². The molecule has 1 aromatic rings. The fourth-order valence-corrected chi connectivity index (χ4v) is 4.25. The second-order valence-electron chi connectivity index (χ2n) is 6.44. The van der Waals surface area contributed by atoms with E-state index in [1.165, 1.54) is 10.5 Å². The Kier molecular flexibility index (Phi) is 5.97. The molecule has 0 aromatic heterocycles. The quantitative estimate of drug-likeness (QED) is 0.918. The van der Waals surface area contributed by atoms with E-state index in [2.05, 4.69) is 36.5 Å². The maximum Gasteiger partial charge on any atom is 0.224 e. The highest BCUT2D eigenvalue weighted by Gasteiger charge is 2.25. The minimum atomic E-state index is 0.191. The number of carbonyl (C=O) groups is 1. The molecule has 2 aliphatic rings. The summed E-state index contributed by atoms with van der Waals surface area (Å²) in [4.78, 5) is 15.8. The SMILES string of the molecule is Cc1ccc(SC2CCN(C(=O)CC3COCCN3)CC2)cc1. The van der Waals surface area contributed by atoms with E-state index in [1.54, 1.807) is 0 Å². The number of carbonyl (C=O) groups excluding carboxylic acids is 1. The number of benzene rings is 1. The minimum absolute atomic E-state index is 0.191. The van der Waals surface area contributed by atoms with Crippen LogP contribution in [0.3, 0.4) is 0 Å². The molecule has 2 fully saturated rings. The first-order chi connectivity index (χ1) is 11.2. The molecule has 3 rings (SSSR count). The van der Waals surface area contributed by atoms with E-state index in [4.69, 9.17) is 4.74 Å². The standard InChI is InChI=1S/C18H26N2O2S/c1-14-2-4-16(5-3-14)23-17-6-9-20(10-7-17)18(21)12-15-13-22-11-8-19-15/h2-5,15,17,19H,6-13H2,1H3. The van der Waals surface area contributed by atoms with Crippen molar-refractivity contribution in [3.05, 3.63) is 29.8 Å². The Balaban J connectivity index is 1.42. The molecule has 0 aliphatic carbocycles. The van der Waals surface area contributed by atoms with Gasteiger partial charge in [0, 0.05) is 42.2 Å². The van der Waals surface area contributed by atoms with Gasteiger partial charge in [-0.2, -0.15) is 0 Å². The molecule has 23 heavy (non-hydrogen) atoms. The third kappa shape index (κ3) is 4.96. The monoisotopic (exact) mass is 334 g/mol. The zero-order valence-electron chi connectivity index (χ0n) is 13.8. The Morgan fingerprint density at radius 2 is 2.04 bits per heavy atom. The van der Waals surface area contributed by atoms with Gasteiger partial charge in [0.05, 0.1) is 13.2 Å². The summed E-state index contributed by atoms with van der Waals surface area (Å²) in [5, 5.41) is 3.98. The van der Waals surface area contributed by atoms with E-state index in [0.29, 0.717) is 18.3 Å². The van der Waals surface area contributed by atoms with Gasteiger partial charge < -0.3 is 15.0 Å². The number of rotatable bonds is 4.